The van der Waals surface area contributed by atoms with Crippen LogP contribution >= 0.6 is 7.82 Å². The molecule has 0 aromatic heterocycles. The van der Waals surface area contributed by atoms with E-state index >= 15 is 0 Å². The third kappa shape index (κ3) is 31.7. The summed E-state index contributed by atoms with van der Waals surface area (Å²) >= 11 is 0. The number of unbranched alkanes of at least 4 members (excludes halogenated alkanes) is 10. The van der Waals surface area contributed by atoms with Crippen LogP contribution in [-0.4, -0.2) is 110 Å². The molecule has 7 N–H and O–H groups in total. The van der Waals surface area contributed by atoms with Gasteiger partial charge < -0.3 is 45.0 Å². The fraction of sp³-hybridized carbons (Fsp3) is 0.647. The minimum Gasteiger partial charge on any atom is -0.462 e. The summed E-state index contributed by atoms with van der Waals surface area (Å²) in [4.78, 5) is 35.8. The van der Waals surface area contributed by atoms with Gasteiger partial charge in [-0.15, -0.1) is 0 Å². The summed E-state index contributed by atoms with van der Waals surface area (Å²) in [5, 5.41) is 60.3. The van der Waals surface area contributed by atoms with Gasteiger partial charge in [0.25, 0.3) is 0 Å². The molecule has 15 heteroatoms. The van der Waals surface area contributed by atoms with Gasteiger partial charge in [0.1, 0.15) is 43.2 Å². The van der Waals surface area contributed by atoms with Crippen molar-refractivity contribution in [2.24, 2.45) is 0 Å². The Labute approximate surface area is 394 Å². The highest BCUT2D eigenvalue weighted by Crippen LogP contribution is 2.47. The lowest BCUT2D eigenvalue weighted by Gasteiger charge is -2.41. The van der Waals surface area contributed by atoms with Gasteiger partial charge in [0, 0.05) is 12.8 Å². The maximum absolute atomic E-state index is 12.8. The van der Waals surface area contributed by atoms with Crippen molar-refractivity contribution >= 4 is 19.8 Å². The van der Waals surface area contributed by atoms with Crippen LogP contribution in [0.5, 0.6) is 0 Å². The smallest absolute Gasteiger partial charge is 0.462 e. The van der Waals surface area contributed by atoms with Crippen LogP contribution in [0.3, 0.4) is 0 Å². The van der Waals surface area contributed by atoms with E-state index in [4.69, 9.17) is 18.5 Å². The molecule has 1 aliphatic rings. The highest BCUT2D eigenvalue weighted by Gasteiger charge is 2.51. The maximum Gasteiger partial charge on any atom is 0.472 e. The van der Waals surface area contributed by atoms with Gasteiger partial charge in [0.05, 0.1) is 12.7 Å². The molecule has 14 nitrogen and oxygen atoms in total. The zero-order valence-corrected chi connectivity index (χ0v) is 40.4. The molecule has 376 valence electrons. The molecule has 0 heterocycles. The molecule has 9 atom stereocenters. The molecule has 0 bridgehead atoms. The standard InChI is InChI=1S/C51H83O14P/c1-3-5-7-9-11-12-13-14-15-16-17-18-19-20-21-22-26-30-34-38-44(53)62-40-43(41-63-66(60,61)65-51-49(58)47(56)46(55)48(57)50(51)59)64-45(54)39-35-31-27-24-23-25-29-33-37-42(52)36-32-28-10-8-6-4-2/h5,7,11-12,14-15,17-18,24-25,27-29,32-33,37,42-43,46-52,55-59H,3-4,6,8-10,13,16,19-23,26,30-31,34-36,38-41H2,1-2H3,(H,60,61)/b7-5-,12-11-,15-14-,18-17-,27-24-,29-25-,32-28-,37-33+/t42-,43+,46?,47-,48+,49+,50+,51?/m0/s1. The lowest BCUT2D eigenvalue weighted by atomic mass is 9.85. The number of esters is 2. The molecule has 1 fully saturated rings. The van der Waals surface area contributed by atoms with E-state index < -0.39 is 81.8 Å². The molecular weight excluding hydrogens is 868 g/mol. The highest BCUT2D eigenvalue weighted by molar-refractivity contribution is 7.47. The van der Waals surface area contributed by atoms with E-state index in [1.165, 1.54) is 12.8 Å². The minimum absolute atomic E-state index is 0.0202. The van der Waals surface area contributed by atoms with Crippen molar-refractivity contribution in [1.82, 2.24) is 0 Å². The molecule has 1 saturated carbocycles. The second-order valence-corrected chi connectivity index (χ2v) is 17.8. The number of phosphoric ester groups is 1. The molecule has 0 radical (unpaired) electrons. The van der Waals surface area contributed by atoms with E-state index in [0.717, 1.165) is 77.0 Å². The summed E-state index contributed by atoms with van der Waals surface area (Å²) in [7, 11) is -5.16. The Morgan fingerprint density at radius 1 is 0.561 bits per heavy atom. The number of phosphoric acid groups is 1. The van der Waals surface area contributed by atoms with E-state index in [-0.39, 0.29) is 12.8 Å². The molecule has 66 heavy (non-hydrogen) atoms. The summed E-state index contributed by atoms with van der Waals surface area (Å²) < 4.78 is 33.5. The van der Waals surface area contributed by atoms with Gasteiger partial charge in [-0.1, -0.05) is 150 Å². The largest absolute Gasteiger partial charge is 0.472 e. The number of aliphatic hydroxyl groups is 6. The molecule has 1 rings (SSSR count). The minimum atomic E-state index is -5.16. The van der Waals surface area contributed by atoms with Crippen molar-refractivity contribution < 1.29 is 68.2 Å². The number of aliphatic hydroxyl groups excluding tert-OH is 6. The summed E-state index contributed by atoms with van der Waals surface area (Å²) in [5.41, 5.74) is 0. The van der Waals surface area contributed by atoms with Crippen molar-refractivity contribution in [3.05, 3.63) is 97.2 Å². The lowest BCUT2D eigenvalue weighted by Crippen LogP contribution is -2.64. The first-order valence-corrected chi connectivity index (χ1v) is 25.6. The van der Waals surface area contributed by atoms with Crippen LogP contribution in [-0.2, 0) is 32.7 Å². The molecule has 0 aromatic rings. The Morgan fingerprint density at radius 2 is 1.06 bits per heavy atom. The molecule has 0 amide bonds. The fourth-order valence-corrected chi connectivity index (χ4v) is 7.56. The first kappa shape index (κ1) is 60.7. The van der Waals surface area contributed by atoms with Crippen LogP contribution in [0.25, 0.3) is 0 Å². The van der Waals surface area contributed by atoms with Gasteiger partial charge in [-0.2, -0.15) is 0 Å². The molecule has 0 aromatic carbocycles. The second-order valence-electron chi connectivity index (χ2n) is 16.4. The van der Waals surface area contributed by atoms with E-state index in [2.05, 4.69) is 68.5 Å². The van der Waals surface area contributed by atoms with Crippen molar-refractivity contribution in [2.45, 2.75) is 198 Å². The number of carbonyl (C=O) groups is 2. The third-order valence-electron chi connectivity index (χ3n) is 10.5. The average Bonchev–Trinajstić information content (AvgIpc) is 3.29. The first-order valence-electron chi connectivity index (χ1n) is 24.1. The average molecular weight is 951 g/mol. The van der Waals surface area contributed by atoms with E-state index in [1.807, 2.05) is 30.4 Å². The Balaban J connectivity index is 2.52. The summed E-state index contributed by atoms with van der Waals surface area (Å²) in [6.07, 6.45) is 36.2. The maximum atomic E-state index is 12.8. The zero-order valence-electron chi connectivity index (χ0n) is 39.6. The van der Waals surface area contributed by atoms with Crippen LogP contribution < -0.4 is 0 Å². The fourth-order valence-electron chi connectivity index (χ4n) is 6.59. The van der Waals surface area contributed by atoms with Crippen molar-refractivity contribution in [2.75, 3.05) is 13.2 Å². The predicted molar refractivity (Wildman–Crippen MR) is 259 cm³/mol. The monoisotopic (exact) mass is 951 g/mol. The van der Waals surface area contributed by atoms with Crippen LogP contribution in [0.4, 0.5) is 0 Å². The Morgan fingerprint density at radius 3 is 1.68 bits per heavy atom. The number of carbonyl (C=O) groups excluding carboxylic acids is 2. The Kier molecular flexibility index (Phi) is 36.5. The molecular formula is C51H83O14P. The summed E-state index contributed by atoms with van der Waals surface area (Å²) in [6.45, 7) is 3.02. The molecule has 0 spiro atoms. The molecule has 3 unspecified atom stereocenters. The summed E-state index contributed by atoms with van der Waals surface area (Å²) in [5.74, 6) is -1.23. The lowest BCUT2D eigenvalue weighted by molar-refractivity contribution is -0.220. The highest BCUT2D eigenvalue weighted by atomic mass is 31.2. The number of hydrogen-bond acceptors (Lipinski definition) is 13. The zero-order chi connectivity index (χ0) is 48.7. The number of ether oxygens (including phenoxy) is 2. The molecule has 0 aliphatic heterocycles. The van der Waals surface area contributed by atoms with Crippen LogP contribution in [0.1, 0.15) is 149 Å². The number of allylic oxidation sites excluding steroid dienone is 14. The van der Waals surface area contributed by atoms with Crippen LogP contribution in [0.2, 0.25) is 0 Å². The van der Waals surface area contributed by atoms with E-state index in [1.54, 1.807) is 12.2 Å². The first-order chi connectivity index (χ1) is 31.8. The Hall–Kier alpha value is -3.27. The van der Waals surface area contributed by atoms with Gasteiger partial charge in [0.2, 0.25) is 0 Å². The van der Waals surface area contributed by atoms with Crippen molar-refractivity contribution in [3.8, 4) is 0 Å². The van der Waals surface area contributed by atoms with E-state index in [0.29, 0.717) is 32.1 Å². The van der Waals surface area contributed by atoms with Gasteiger partial charge in [-0.25, -0.2) is 4.57 Å². The molecule has 1 aliphatic carbocycles. The van der Waals surface area contributed by atoms with Gasteiger partial charge in [-0.05, 0) is 83.5 Å². The second kappa shape index (κ2) is 39.7. The van der Waals surface area contributed by atoms with Crippen molar-refractivity contribution in [1.29, 1.82) is 0 Å². The summed E-state index contributed by atoms with van der Waals surface area (Å²) in [6, 6.07) is 0. The van der Waals surface area contributed by atoms with Gasteiger partial charge >= 0.3 is 19.8 Å². The Bertz CT molecular complexity index is 1540. The van der Waals surface area contributed by atoms with Crippen LogP contribution in [0, 0.1) is 0 Å². The SMILES string of the molecule is CC/C=C\C/C=C\C/C=C\C/C=C\CCCCCCCCC(=O)OC[C@H](COP(=O)(O)OC1[C@H](O)[C@H](O)C(O)[C@H](O)[C@H]1O)OC(=O)CCC/C=C\C/C=C\C=C\[C@@H](O)C/C=C\CCCCC. The molecule has 0 saturated heterocycles. The van der Waals surface area contributed by atoms with Crippen molar-refractivity contribution in [3.63, 3.8) is 0 Å². The van der Waals surface area contributed by atoms with Crippen LogP contribution in [0.15, 0.2) is 97.2 Å². The normalized spacial score (nSPS) is 22.6. The predicted octanol–water partition coefficient (Wildman–Crippen LogP) is 8.80. The van der Waals surface area contributed by atoms with Gasteiger partial charge in [0.15, 0.2) is 6.10 Å². The number of hydrogen-bond donors (Lipinski definition) is 7. The topological polar surface area (TPSA) is 230 Å². The quantitative estimate of drug-likeness (QED) is 0.0101. The number of rotatable bonds is 38. The van der Waals surface area contributed by atoms with Gasteiger partial charge in [-0.3, -0.25) is 18.6 Å². The third-order valence-corrected chi connectivity index (χ3v) is 11.5. The van der Waals surface area contributed by atoms with E-state index in [9.17, 15) is 49.7 Å².